The number of hydrogen-bond donors (Lipinski definition) is 0. The Hall–Kier alpha value is -1.37. The Bertz CT molecular complexity index is 287. The van der Waals surface area contributed by atoms with Gasteiger partial charge >= 0.3 is 0 Å². The molecule has 0 nitrogen and oxygen atoms in total. The van der Waals surface area contributed by atoms with E-state index in [1.54, 1.807) is 0 Å². The van der Waals surface area contributed by atoms with Gasteiger partial charge in [0.15, 0.2) is 0 Å². The lowest BCUT2D eigenvalue weighted by Crippen LogP contribution is -1.95. The average Bonchev–Trinajstić information content (AvgIpc) is 2.19. The summed E-state index contributed by atoms with van der Waals surface area (Å²) >= 11 is 0. The van der Waals surface area contributed by atoms with Crippen molar-refractivity contribution < 1.29 is 4.39 Å². The number of hydrogen-bond acceptors (Lipinski definition) is 0. The summed E-state index contributed by atoms with van der Waals surface area (Å²) in [6.45, 7) is 7.22. The second-order valence-corrected chi connectivity index (χ2v) is 2.93. The van der Waals surface area contributed by atoms with Crippen LogP contribution in [0.15, 0.2) is 49.6 Å². The first-order chi connectivity index (χ1) is 6.24. The van der Waals surface area contributed by atoms with E-state index < -0.39 is 6.17 Å². The Balaban J connectivity index is 2.64. The van der Waals surface area contributed by atoms with E-state index in [-0.39, 0.29) is 0 Å². The second-order valence-electron chi connectivity index (χ2n) is 2.93. The molecule has 1 rings (SSSR count). The molecule has 0 radical (unpaired) electrons. The number of allylic oxidation sites excluding steroid dienone is 2. The number of alkyl halides is 1. The SMILES string of the molecule is C=CC(F)CC(=C)c1ccccc1. The smallest absolute Gasteiger partial charge is 0.122 e. The van der Waals surface area contributed by atoms with Crippen LogP contribution in [0.3, 0.4) is 0 Å². The number of benzene rings is 1. The van der Waals surface area contributed by atoms with Crippen molar-refractivity contribution >= 4 is 5.57 Å². The summed E-state index contributed by atoms with van der Waals surface area (Å²) < 4.78 is 12.9. The maximum atomic E-state index is 12.9. The van der Waals surface area contributed by atoms with Gasteiger partial charge in [-0.1, -0.05) is 43.0 Å². The molecule has 0 aromatic heterocycles. The molecular weight excluding hydrogens is 163 g/mol. The van der Waals surface area contributed by atoms with E-state index in [0.717, 1.165) is 11.1 Å². The molecule has 0 heterocycles. The van der Waals surface area contributed by atoms with Gasteiger partial charge < -0.3 is 0 Å². The lowest BCUT2D eigenvalue weighted by Gasteiger charge is -2.06. The van der Waals surface area contributed by atoms with Gasteiger partial charge in [-0.25, -0.2) is 4.39 Å². The molecule has 1 unspecified atom stereocenters. The predicted octanol–water partition coefficient (Wildman–Crippen LogP) is 3.61. The molecule has 0 saturated carbocycles. The third-order valence-corrected chi connectivity index (χ3v) is 1.88. The van der Waals surface area contributed by atoms with Gasteiger partial charge in [0.05, 0.1) is 0 Å². The molecule has 0 aliphatic carbocycles. The Kier molecular flexibility index (Phi) is 3.44. The Morgan fingerprint density at radius 2 is 2.00 bits per heavy atom. The van der Waals surface area contributed by atoms with Gasteiger partial charge in [-0.05, 0) is 11.1 Å². The topological polar surface area (TPSA) is 0 Å². The fourth-order valence-corrected chi connectivity index (χ4v) is 1.11. The summed E-state index contributed by atoms with van der Waals surface area (Å²) in [6, 6.07) is 9.62. The van der Waals surface area contributed by atoms with Crippen molar-refractivity contribution in [3.63, 3.8) is 0 Å². The van der Waals surface area contributed by atoms with Crippen LogP contribution in [0.2, 0.25) is 0 Å². The minimum atomic E-state index is -0.993. The monoisotopic (exact) mass is 176 g/mol. The largest absolute Gasteiger partial charge is 0.243 e. The van der Waals surface area contributed by atoms with Gasteiger partial charge in [-0.15, -0.1) is 6.58 Å². The Labute approximate surface area is 78.4 Å². The van der Waals surface area contributed by atoms with E-state index in [2.05, 4.69) is 13.2 Å². The van der Waals surface area contributed by atoms with Crippen molar-refractivity contribution in [1.29, 1.82) is 0 Å². The Morgan fingerprint density at radius 1 is 1.38 bits per heavy atom. The van der Waals surface area contributed by atoms with Crippen molar-refractivity contribution in [3.8, 4) is 0 Å². The third kappa shape index (κ3) is 2.86. The van der Waals surface area contributed by atoms with E-state index in [1.165, 1.54) is 6.08 Å². The van der Waals surface area contributed by atoms with Crippen LogP contribution < -0.4 is 0 Å². The molecule has 0 amide bonds. The number of halogens is 1. The fourth-order valence-electron chi connectivity index (χ4n) is 1.11. The average molecular weight is 176 g/mol. The van der Waals surface area contributed by atoms with Gasteiger partial charge in [-0.2, -0.15) is 0 Å². The zero-order valence-corrected chi connectivity index (χ0v) is 7.54. The van der Waals surface area contributed by atoms with Crippen LogP contribution in [0.25, 0.3) is 5.57 Å². The summed E-state index contributed by atoms with van der Waals surface area (Å²) in [5.41, 5.74) is 1.81. The van der Waals surface area contributed by atoms with Crippen LogP contribution in [-0.2, 0) is 0 Å². The molecule has 68 valence electrons. The van der Waals surface area contributed by atoms with Gasteiger partial charge in [0.2, 0.25) is 0 Å². The minimum absolute atomic E-state index is 0.327. The normalized spacial score (nSPS) is 12.1. The van der Waals surface area contributed by atoms with E-state index >= 15 is 0 Å². The third-order valence-electron chi connectivity index (χ3n) is 1.88. The molecule has 0 aliphatic heterocycles. The molecule has 1 aromatic rings. The molecule has 1 aromatic carbocycles. The van der Waals surface area contributed by atoms with E-state index in [4.69, 9.17) is 0 Å². The second kappa shape index (κ2) is 4.61. The molecule has 0 N–H and O–H groups in total. The molecule has 1 heteroatoms. The molecule has 0 saturated heterocycles. The number of rotatable bonds is 4. The van der Waals surface area contributed by atoms with Crippen LogP contribution in [0, 0.1) is 0 Å². The van der Waals surface area contributed by atoms with Crippen LogP contribution in [-0.4, -0.2) is 6.17 Å². The van der Waals surface area contributed by atoms with Gasteiger partial charge in [-0.3, -0.25) is 0 Å². The van der Waals surface area contributed by atoms with Crippen LogP contribution in [0.4, 0.5) is 4.39 Å². The first-order valence-electron chi connectivity index (χ1n) is 4.24. The predicted molar refractivity (Wildman–Crippen MR) is 55.2 cm³/mol. The van der Waals surface area contributed by atoms with Crippen LogP contribution in [0.5, 0.6) is 0 Å². The molecule has 0 bridgehead atoms. The van der Waals surface area contributed by atoms with Crippen molar-refractivity contribution in [2.45, 2.75) is 12.6 Å². The summed E-state index contributed by atoms with van der Waals surface area (Å²) in [6.07, 6.45) is 0.634. The molecule has 0 aliphatic rings. The highest BCUT2D eigenvalue weighted by atomic mass is 19.1. The standard InChI is InChI=1S/C12H13F/c1-3-12(13)9-10(2)11-7-5-4-6-8-11/h3-8,12H,1-2,9H2. The summed E-state index contributed by atoms with van der Waals surface area (Å²) in [5.74, 6) is 0. The van der Waals surface area contributed by atoms with Gasteiger partial charge in [0.25, 0.3) is 0 Å². The summed E-state index contributed by atoms with van der Waals surface area (Å²) in [5, 5.41) is 0. The molecule has 0 spiro atoms. The highest BCUT2D eigenvalue weighted by molar-refractivity contribution is 5.63. The zero-order chi connectivity index (χ0) is 9.68. The first-order valence-corrected chi connectivity index (χ1v) is 4.24. The summed E-state index contributed by atoms with van der Waals surface area (Å²) in [4.78, 5) is 0. The maximum absolute atomic E-state index is 12.9. The van der Waals surface area contributed by atoms with E-state index in [9.17, 15) is 4.39 Å². The first kappa shape index (κ1) is 9.72. The lowest BCUT2D eigenvalue weighted by molar-refractivity contribution is 0.408. The minimum Gasteiger partial charge on any atom is -0.243 e. The zero-order valence-electron chi connectivity index (χ0n) is 7.54. The quantitative estimate of drug-likeness (QED) is 0.615. The van der Waals surface area contributed by atoms with Crippen molar-refractivity contribution in [2.75, 3.05) is 0 Å². The van der Waals surface area contributed by atoms with Gasteiger partial charge in [0, 0.05) is 6.42 Å². The Morgan fingerprint density at radius 3 is 2.54 bits per heavy atom. The fraction of sp³-hybridized carbons (Fsp3) is 0.167. The van der Waals surface area contributed by atoms with E-state index in [0.29, 0.717) is 6.42 Å². The molecule has 0 fully saturated rings. The van der Waals surface area contributed by atoms with Crippen LogP contribution >= 0.6 is 0 Å². The van der Waals surface area contributed by atoms with Crippen molar-refractivity contribution in [2.24, 2.45) is 0 Å². The maximum Gasteiger partial charge on any atom is 0.122 e. The highest BCUT2D eigenvalue weighted by Gasteiger charge is 2.04. The molecule has 1 atom stereocenters. The molecular formula is C12H13F. The van der Waals surface area contributed by atoms with Gasteiger partial charge in [0.1, 0.15) is 6.17 Å². The van der Waals surface area contributed by atoms with Crippen molar-refractivity contribution in [3.05, 3.63) is 55.1 Å². The lowest BCUT2D eigenvalue weighted by atomic mass is 10.0. The highest BCUT2D eigenvalue weighted by Crippen LogP contribution is 2.18. The van der Waals surface area contributed by atoms with E-state index in [1.807, 2.05) is 30.3 Å². The summed E-state index contributed by atoms with van der Waals surface area (Å²) in [7, 11) is 0. The van der Waals surface area contributed by atoms with Crippen LogP contribution in [0.1, 0.15) is 12.0 Å². The molecule has 13 heavy (non-hydrogen) atoms. The van der Waals surface area contributed by atoms with Crippen molar-refractivity contribution in [1.82, 2.24) is 0 Å².